The monoisotopic (exact) mass is 263 g/mol. The Balaban J connectivity index is 2.86. The lowest BCUT2D eigenvalue weighted by Gasteiger charge is -2.12. The molecule has 0 heterocycles. The zero-order valence-corrected chi connectivity index (χ0v) is 12.0. The topological polar surface area (TPSA) is 47.9 Å². The summed E-state index contributed by atoms with van der Waals surface area (Å²) in [5.74, 6) is 0.386. The molecule has 0 atom stereocenters. The van der Waals surface area contributed by atoms with Crippen molar-refractivity contribution < 1.29 is 14.3 Å². The number of rotatable bonds is 6. The second-order valence-corrected chi connectivity index (χ2v) is 4.66. The highest BCUT2D eigenvalue weighted by Crippen LogP contribution is 2.15. The third-order valence-electron chi connectivity index (χ3n) is 2.28. The smallest absolute Gasteiger partial charge is 0.196 e. The first kappa shape index (κ1) is 15.4. The molecule has 4 heteroatoms. The van der Waals surface area contributed by atoms with E-state index in [0.29, 0.717) is 5.90 Å². The number of nitrogens with zero attached hydrogens (tertiary/aromatic N) is 1. The van der Waals surface area contributed by atoms with Gasteiger partial charge in [-0.3, -0.25) is 4.79 Å². The van der Waals surface area contributed by atoms with E-state index in [-0.39, 0.29) is 24.9 Å². The van der Waals surface area contributed by atoms with Crippen molar-refractivity contribution in [3.63, 3.8) is 0 Å². The second kappa shape index (κ2) is 7.69. The molecule has 0 fully saturated rings. The molecular weight excluding hydrogens is 242 g/mol. The summed E-state index contributed by atoms with van der Waals surface area (Å²) in [7, 11) is 1.50. The lowest BCUT2D eigenvalue weighted by atomic mass is 10.2. The average Bonchev–Trinajstić information content (AvgIpc) is 2.27. The van der Waals surface area contributed by atoms with E-state index in [4.69, 9.17) is 9.47 Å². The normalized spacial score (nSPS) is 11.7. The first-order valence-electron chi connectivity index (χ1n) is 6.32. The van der Waals surface area contributed by atoms with E-state index in [1.807, 2.05) is 45.0 Å². The molecule has 0 amide bonds. The summed E-state index contributed by atoms with van der Waals surface area (Å²) < 4.78 is 10.4. The van der Waals surface area contributed by atoms with E-state index < -0.39 is 0 Å². The number of aliphatic imine (C=N–C) groups is 1. The Labute approximate surface area is 114 Å². The van der Waals surface area contributed by atoms with E-state index in [1.54, 1.807) is 0 Å². The largest absolute Gasteiger partial charge is 0.478 e. The van der Waals surface area contributed by atoms with Crippen LogP contribution in [-0.2, 0) is 14.3 Å². The molecule has 4 nitrogen and oxygen atoms in total. The van der Waals surface area contributed by atoms with E-state index >= 15 is 0 Å². The molecule has 19 heavy (non-hydrogen) atoms. The van der Waals surface area contributed by atoms with Gasteiger partial charge in [-0.1, -0.05) is 12.1 Å². The lowest BCUT2D eigenvalue weighted by molar-refractivity contribution is -0.121. The number of carbonyl (C=O) groups is 1. The Bertz CT molecular complexity index is 452. The summed E-state index contributed by atoms with van der Waals surface area (Å²) in [6, 6.07) is 7.76. The number of ketones is 1. The van der Waals surface area contributed by atoms with E-state index in [1.165, 1.54) is 7.11 Å². The Hall–Kier alpha value is -1.68. The van der Waals surface area contributed by atoms with Gasteiger partial charge in [0.05, 0.1) is 18.2 Å². The van der Waals surface area contributed by atoms with Crippen LogP contribution in [0.25, 0.3) is 0 Å². The number of aryl methyl sites for hydroxylation is 1. The van der Waals surface area contributed by atoms with Crippen LogP contribution in [0.1, 0.15) is 25.8 Å². The van der Waals surface area contributed by atoms with Gasteiger partial charge in [-0.15, -0.1) is 0 Å². The molecular formula is C15H21NO3. The molecule has 0 aliphatic heterocycles. The number of benzene rings is 1. The van der Waals surface area contributed by atoms with Gasteiger partial charge in [-0.05, 0) is 38.5 Å². The quantitative estimate of drug-likeness (QED) is 0.585. The molecule has 1 aromatic rings. The van der Waals surface area contributed by atoms with Crippen LogP contribution >= 0.6 is 0 Å². The van der Waals surface area contributed by atoms with Crippen LogP contribution in [-0.4, -0.2) is 31.5 Å². The number of hydrogen-bond donors (Lipinski definition) is 0. The van der Waals surface area contributed by atoms with Gasteiger partial charge in [0.25, 0.3) is 0 Å². The zero-order chi connectivity index (χ0) is 14.3. The van der Waals surface area contributed by atoms with E-state index in [9.17, 15) is 4.79 Å². The van der Waals surface area contributed by atoms with Crippen molar-refractivity contribution in [3.05, 3.63) is 29.8 Å². The van der Waals surface area contributed by atoms with Crippen LogP contribution in [0.5, 0.6) is 0 Å². The van der Waals surface area contributed by atoms with Gasteiger partial charge in [0.1, 0.15) is 6.61 Å². The summed E-state index contributed by atoms with van der Waals surface area (Å²) in [5.41, 5.74) is 1.91. The van der Waals surface area contributed by atoms with Gasteiger partial charge in [0, 0.05) is 7.11 Å². The van der Waals surface area contributed by atoms with E-state index in [2.05, 4.69) is 4.99 Å². The van der Waals surface area contributed by atoms with Gasteiger partial charge in [-0.2, -0.15) is 0 Å². The molecule has 1 aromatic carbocycles. The highest BCUT2D eigenvalue weighted by molar-refractivity contribution is 5.99. The van der Waals surface area contributed by atoms with Gasteiger partial charge >= 0.3 is 0 Å². The molecule has 0 radical (unpaired) electrons. The number of ether oxygens (including phenoxy) is 2. The minimum absolute atomic E-state index is 0.0149. The maximum atomic E-state index is 11.6. The molecule has 0 unspecified atom stereocenters. The molecule has 0 aromatic heterocycles. The highest BCUT2D eigenvalue weighted by Gasteiger charge is 2.11. The van der Waals surface area contributed by atoms with Crippen molar-refractivity contribution in [2.24, 2.45) is 4.99 Å². The van der Waals surface area contributed by atoms with Crippen LogP contribution in [0.2, 0.25) is 0 Å². The van der Waals surface area contributed by atoms with Crippen molar-refractivity contribution >= 4 is 17.4 Å². The Morgan fingerprint density at radius 1 is 1.37 bits per heavy atom. The van der Waals surface area contributed by atoms with Crippen LogP contribution in [0.4, 0.5) is 5.69 Å². The summed E-state index contributed by atoms with van der Waals surface area (Å²) in [4.78, 5) is 16.0. The van der Waals surface area contributed by atoms with Crippen molar-refractivity contribution in [2.45, 2.75) is 33.3 Å². The first-order valence-corrected chi connectivity index (χ1v) is 6.32. The molecule has 0 spiro atoms. The maximum absolute atomic E-state index is 11.6. The third kappa shape index (κ3) is 6.15. The molecule has 0 saturated heterocycles. The lowest BCUT2D eigenvalue weighted by Crippen LogP contribution is -2.18. The van der Waals surface area contributed by atoms with Crippen LogP contribution in [0, 0.1) is 6.92 Å². The van der Waals surface area contributed by atoms with Gasteiger partial charge in [0.15, 0.2) is 11.7 Å². The molecule has 104 valence electrons. The van der Waals surface area contributed by atoms with Gasteiger partial charge in [-0.25, -0.2) is 4.99 Å². The Morgan fingerprint density at radius 3 is 2.68 bits per heavy atom. The first-order chi connectivity index (χ1) is 9.01. The van der Waals surface area contributed by atoms with Crippen LogP contribution in [0.15, 0.2) is 29.3 Å². The molecule has 0 bridgehead atoms. The molecule has 0 N–H and O–H groups in total. The SMILES string of the molecule is COCC(=O)CC(=Nc1cccc(C)c1)OC(C)C. The van der Waals surface area contributed by atoms with Crippen LogP contribution < -0.4 is 0 Å². The second-order valence-electron chi connectivity index (χ2n) is 4.66. The number of methoxy groups -OCH3 is 1. The van der Waals surface area contributed by atoms with Crippen molar-refractivity contribution in [1.82, 2.24) is 0 Å². The summed E-state index contributed by atoms with van der Waals surface area (Å²) >= 11 is 0. The van der Waals surface area contributed by atoms with Crippen molar-refractivity contribution in [2.75, 3.05) is 13.7 Å². The number of carbonyl (C=O) groups excluding carboxylic acids is 1. The number of hydrogen-bond acceptors (Lipinski definition) is 4. The minimum Gasteiger partial charge on any atom is -0.478 e. The minimum atomic E-state index is -0.0467. The average molecular weight is 263 g/mol. The molecule has 1 rings (SSSR count). The summed E-state index contributed by atoms with van der Waals surface area (Å²) in [5, 5.41) is 0. The maximum Gasteiger partial charge on any atom is 0.196 e. The van der Waals surface area contributed by atoms with Crippen LogP contribution in [0.3, 0.4) is 0 Å². The molecule has 0 aliphatic carbocycles. The van der Waals surface area contributed by atoms with Crippen molar-refractivity contribution in [1.29, 1.82) is 0 Å². The van der Waals surface area contributed by atoms with E-state index in [0.717, 1.165) is 11.3 Å². The van der Waals surface area contributed by atoms with Gasteiger partial charge in [0.2, 0.25) is 0 Å². The molecule has 0 aliphatic rings. The fourth-order valence-electron chi connectivity index (χ4n) is 1.60. The van der Waals surface area contributed by atoms with Crippen molar-refractivity contribution in [3.8, 4) is 0 Å². The third-order valence-corrected chi connectivity index (χ3v) is 2.28. The number of Topliss-reactive ketones (excluding diaryl/α,β-unsaturated/α-hetero) is 1. The predicted molar refractivity (Wildman–Crippen MR) is 76.0 cm³/mol. The Kier molecular flexibility index (Phi) is 6.22. The molecule has 0 saturated carbocycles. The fourth-order valence-corrected chi connectivity index (χ4v) is 1.60. The summed E-state index contributed by atoms with van der Waals surface area (Å²) in [6.45, 7) is 5.89. The highest BCUT2D eigenvalue weighted by atomic mass is 16.5. The fraction of sp³-hybridized carbons (Fsp3) is 0.467. The predicted octanol–water partition coefficient (Wildman–Crippen LogP) is 3.06. The standard InChI is InChI=1S/C15H21NO3/c1-11(2)19-15(9-14(17)10-18-4)16-13-7-5-6-12(3)8-13/h5-8,11H,9-10H2,1-4H3. The zero-order valence-electron chi connectivity index (χ0n) is 12.0. The Morgan fingerprint density at radius 2 is 2.11 bits per heavy atom. The summed E-state index contributed by atoms with van der Waals surface area (Å²) in [6.07, 6.45) is 0.138. The van der Waals surface area contributed by atoms with Gasteiger partial charge < -0.3 is 9.47 Å².